The zero-order valence-corrected chi connectivity index (χ0v) is 8.86. The number of hydrogen-bond donors (Lipinski definition) is 2. The molecule has 1 aromatic heterocycles. The van der Waals surface area contributed by atoms with Crippen LogP contribution in [0.2, 0.25) is 0 Å². The minimum atomic E-state index is 0.782. The Morgan fingerprint density at radius 2 is 2.20 bits per heavy atom. The molecule has 0 unspecified atom stereocenters. The van der Waals surface area contributed by atoms with Gasteiger partial charge in [0.05, 0.1) is 11.9 Å². The molecule has 1 heterocycles. The van der Waals surface area contributed by atoms with Crippen molar-refractivity contribution in [2.45, 2.75) is 6.92 Å². The van der Waals surface area contributed by atoms with Crippen LogP contribution in [0, 0.1) is 6.92 Å². The lowest BCUT2D eigenvalue weighted by Crippen LogP contribution is -1.93. The summed E-state index contributed by atoms with van der Waals surface area (Å²) in [6.45, 7) is 2.02. The lowest BCUT2D eigenvalue weighted by Gasteiger charge is -2.07. The van der Waals surface area contributed by atoms with Crippen LogP contribution >= 0.6 is 0 Å². The van der Waals surface area contributed by atoms with Gasteiger partial charge in [-0.15, -0.1) is 0 Å². The van der Waals surface area contributed by atoms with E-state index < -0.39 is 0 Å². The molecule has 0 atom stereocenters. The lowest BCUT2D eigenvalue weighted by atomic mass is 10.2. The van der Waals surface area contributed by atoms with Crippen LogP contribution < -0.4 is 11.1 Å². The molecule has 0 aliphatic heterocycles. The third kappa shape index (κ3) is 2.10. The molecule has 15 heavy (non-hydrogen) atoms. The van der Waals surface area contributed by atoms with E-state index in [0.29, 0.717) is 0 Å². The van der Waals surface area contributed by atoms with Gasteiger partial charge in [0.1, 0.15) is 0 Å². The number of nitrogen functional groups attached to an aromatic ring is 1. The number of nitrogens with one attached hydrogen (secondary N) is 1. The maximum atomic E-state index is 5.68. The van der Waals surface area contributed by atoms with Crippen molar-refractivity contribution in [2.24, 2.45) is 7.05 Å². The van der Waals surface area contributed by atoms with E-state index in [2.05, 4.69) is 10.4 Å². The van der Waals surface area contributed by atoms with Gasteiger partial charge in [-0.1, -0.05) is 0 Å². The second-order valence-corrected chi connectivity index (χ2v) is 3.60. The van der Waals surface area contributed by atoms with Crippen molar-refractivity contribution >= 4 is 17.1 Å². The zero-order chi connectivity index (χ0) is 10.8. The van der Waals surface area contributed by atoms with E-state index in [4.69, 9.17) is 5.73 Å². The summed E-state index contributed by atoms with van der Waals surface area (Å²) in [6, 6.07) is 5.79. The molecule has 0 radical (unpaired) electrons. The molecule has 3 N–H and O–H groups in total. The van der Waals surface area contributed by atoms with Gasteiger partial charge in [0, 0.05) is 24.6 Å². The van der Waals surface area contributed by atoms with Crippen LogP contribution in [0.4, 0.5) is 17.1 Å². The number of aryl methyl sites for hydroxylation is 2. The first-order chi connectivity index (χ1) is 7.15. The zero-order valence-electron chi connectivity index (χ0n) is 8.86. The van der Waals surface area contributed by atoms with E-state index in [-0.39, 0.29) is 0 Å². The molecule has 0 amide bonds. The van der Waals surface area contributed by atoms with Crippen molar-refractivity contribution in [3.63, 3.8) is 0 Å². The SMILES string of the molecule is Cc1cc(N)ccc1Nc1cnn(C)c1. The van der Waals surface area contributed by atoms with E-state index in [9.17, 15) is 0 Å². The maximum absolute atomic E-state index is 5.68. The maximum Gasteiger partial charge on any atom is 0.0770 e. The highest BCUT2D eigenvalue weighted by molar-refractivity contribution is 5.64. The smallest absolute Gasteiger partial charge is 0.0770 e. The Labute approximate surface area is 88.7 Å². The van der Waals surface area contributed by atoms with Gasteiger partial charge < -0.3 is 11.1 Å². The second kappa shape index (κ2) is 3.65. The Bertz CT molecular complexity index is 473. The first-order valence-corrected chi connectivity index (χ1v) is 4.77. The van der Waals surface area contributed by atoms with E-state index in [1.165, 1.54) is 0 Å². The summed E-state index contributed by atoms with van der Waals surface area (Å²) >= 11 is 0. The predicted molar refractivity (Wildman–Crippen MR) is 62.1 cm³/mol. The number of benzene rings is 1. The van der Waals surface area contributed by atoms with Crippen molar-refractivity contribution in [1.82, 2.24) is 9.78 Å². The molecule has 0 bridgehead atoms. The third-order valence-corrected chi connectivity index (χ3v) is 2.23. The molecule has 2 rings (SSSR count). The molecule has 78 valence electrons. The van der Waals surface area contributed by atoms with E-state index >= 15 is 0 Å². The number of nitrogens with two attached hydrogens (primary N) is 1. The molecular formula is C11H14N4. The van der Waals surface area contributed by atoms with Gasteiger partial charge in [0.2, 0.25) is 0 Å². The normalized spacial score (nSPS) is 10.3. The number of hydrogen-bond acceptors (Lipinski definition) is 3. The van der Waals surface area contributed by atoms with Crippen molar-refractivity contribution in [3.05, 3.63) is 36.2 Å². The first kappa shape index (κ1) is 9.58. The van der Waals surface area contributed by atoms with Crippen LogP contribution in [0.5, 0.6) is 0 Å². The highest BCUT2D eigenvalue weighted by Gasteiger charge is 2.00. The fourth-order valence-corrected chi connectivity index (χ4v) is 1.47. The Balaban J connectivity index is 2.24. The first-order valence-electron chi connectivity index (χ1n) is 4.77. The Morgan fingerprint density at radius 1 is 1.40 bits per heavy atom. The van der Waals surface area contributed by atoms with Gasteiger partial charge >= 0.3 is 0 Å². The highest BCUT2D eigenvalue weighted by Crippen LogP contribution is 2.21. The number of anilines is 3. The lowest BCUT2D eigenvalue weighted by molar-refractivity contribution is 0.768. The molecule has 0 aliphatic carbocycles. The van der Waals surface area contributed by atoms with Crippen molar-refractivity contribution in [1.29, 1.82) is 0 Å². The van der Waals surface area contributed by atoms with Crippen LogP contribution in [0.1, 0.15) is 5.56 Å². The summed E-state index contributed by atoms with van der Waals surface area (Å²) in [5.41, 5.74) is 9.62. The molecule has 1 aromatic carbocycles. The predicted octanol–water partition coefficient (Wildman–Crippen LogP) is 2.05. The minimum Gasteiger partial charge on any atom is -0.399 e. The van der Waals surface area contributed by atoms with Gasteiger partial charge in [-0.2, -0.15) is 5.10 Å². The minimum absolute atomic E-state index is 0.782. The van der Waals surface area contributed by atoms with Gasteiger partial charge in [-0.3, -0.25) is 4.68 Å². The van der Waals surface area contributed by atoms with Crippen molar-refractivity contribution in [3.8, 4) is 0 Å². The second-order valence-electron chi connectivity index (χ2n) is 3.60. The quantitative estimate of drug-likeness (QED) is 0.733. The molecular weight excluding hydrogens is 188 g/mol. The van der Waals surface area contributed by atoms with E-state index in [0.717, 1.165) is 22.6 Å². The topological polar surface area (TPSA) is 55.9 Å². The van der Waals surface area contributed by atoms with Crippen molar-refractivity contribution in [2.75, 3.05) is 11.1 Å². The fraction of sp³-hybridized carbons (Fsp3) is 0.182. The Morgan fingerprint density at radius 3 is 2.80 bits per heavy atom. The monoisotopic (exact) mass is 202 g/mol. The van der Waals surface area contributed by atoms with Gasteiger partial charge in [-0.25, -0.2) is 0 Å². The Hall–Kier alpha value is -1.97. The van der Waals surface area contributed by atoms with Gasteiger partial charge in [-0.05, 0) is 30.7 Å². The number of nitrogens with zero attached hydrogens (tertiary/aromatic N) is 2. The average Bonchev–Trinajstić information content (AvgIpc) is 2.56. The molecule has 4 nitrogen and oxygen atoms in total. The summed E-state index contributed by atoms with van der Waals surface area (Å²) in [4.78, 5) is 0. The molecule has 0 saturated heterocycles. The van der Waals surface area contributed by atoms with E-state index in [1.54, 1.807) is 10.9 Å². The third-order valence-electron chi connectivity index (χ3n) is 2.23. The fourth-order valence-electron chi connectivity index (χ4n) is 1.47. The summed E-state index contributed by atoms with van der Waals surface area (Å²) < 4.78 is 1.76. The molecule has 0 aliphatic rings. The van der Waals surface area contributed by atoms with E-state index in [1.807, 2.05) is 38.4 Å². The van der Waals surface area contributed by atoms with Crippen molar-refractivity contribution < 1.29 is 0 Å². The van der Waals surface area contributed by atoms with Crippen LogP contribution in [-0.4, -0.2) is 9.78 Å². The standard InChI is InChI=1S/C11H14N4/c1-8-5-9(12)3-4-11(8)14-10-6-13-15(2)7-10/h3-7,14H,12H2,1-2H3. The molecule has 0 saturated carbocycles. The largest absolute Gasteiger partial charge is 0.399 e. The Kier molecular flexibility index (Phi) is 2.33. The molecule has 0 spiro atoms. The van der Waals surface area contributed by atoms with Gasteiger partial charge in [0.15, 0.2) is 0 Å². The molecule has 4 heteroatoms. The van der Waals surface area contributed by atoms with Crippen LogP contribution in [0.15, 0.2) is 30.6 Å². The summed E-state index contributed by atoms with van der Waals surface area (Å²) in [6.07, 6.45) is 3.71. The number of rotatable bonds is 2. The van der Waals surface area contributed by atoms with Crippen LogP contribution in [0.25, 0.3) is 0 Å². The molecule has 0 fully saturated rings. The summed E-state index contributed by atoms with van der Waals surface area (Å²) in [5, 5.41) is 7.37. The molecule has 2 aromatic rings. The van der Waals surface area contributed by atoms with Crippen LogP contribution in [-0.2, 0) is 7.05 Å². The average molecular weight is 202 g/mol. The van der Waals surface area contributed by atoms with Gasteiger partial charge in [0.25, 0.3) is 0 Å². The summed E-state index contributed by atoms with van der Waals surface area (Å²) in [7, 11) is 1.89. The summed E-state index contributed by atoms with van der Waals surface area (Å²) in [5.74, 6) is 0. The highest BCUT2D eigenvalue weighted by atomic mass is 15.3. The number of aromatic nitrogens is 2. The van der Waals surface area contributed by atoms with Crippen LogP contribution in [0.3, 0.4) is 0 Å².